The fourth-order valence-corrected chi connectivity index (χ4v) is 4.21. The summed E-state index contributed by atoms with van der Waals surface area (Å²) in [6.45, 7) is 4.02. The Morgan fingerprint density at radius 2 is 1.86 bits per heavy atom. The number of fused-ring (bicyclic) bond motifs is 2. The average molecular weight is 398 g/mol. The van der Waals surface area contributed by atoms with Gasteiger partial charge in [0.2, 0.25) is 0 Å². The third-order valence-electron chi connectivity index (χ3n) is 4.95. The molecule has 3 heterocycles. The second-order valence-electron chi connectivity index (χ2n) is 7.02. The van der Waals surface area contributed by atoms with Gasteiger partial charge in [-0.25, -0.2) is 9.97 Å². The molecule has 5 rings (SSSR count). The minimum atomic E-state index is -0.197. The number of nitrogens with one attached hydrogen (secondary N) is 1. The summed E-state index contributed by atoms with van der Waals surface area (Å²) in [6.07, 6.45) is 4.00. The third-order valence-corrected chi connectivity index (χ3v) is 5.98. The number of rotatable bonds is 3. The number of aromatic nitrogens is 3. The zero-order chi connectivity index (χ0) is 20.0. The number of pyridine rings is 1. The second-order valence-corrected chi connectivity index (χ2v) is 8.05. The molecule has 0 aliphatic heterocycles. The minimum absolute atomic E-state index is 0.197. The predicted molar refractivity (Wildman–Crippen MR) is 118 cm³/mol. The number of hydrogen-bond acceptors (Lipinski definition) is 4. The Morgan fingerprint density at radius 3 is 2.69 bits per heavy atom. The van der Waals surface area contributed by atoms with Crippen LogP contribution in [-0.2, 0) is 0 Å². The lowest BCUT2D eigenvalue weighted by molar-refractivity contribution is 0.102. The van der Waals surface area contributed by atoms with Crippen LogP contribution in [0.2, 0.25) is 0 Å². The van der Waals surface area contributed by atoms with E-state index in [-0.39, 0.29) is 5.91 Å². The topological polar surface area (TPSA) is 59.3 Å². The molecule has 5 aromatic rings. The van der Waals surface area contributed by atoms with Crippen molar-refractivity contribution in [3.63, 3.8) is 0 Å². The molecule has 142 valence electrons. The van der Waals surface area contributed by atoms with Crippen molar-refractivity contribution in [2.45, 2.75) is 13.8 Å². The molecule has 0 radical (unpaired) electrons. The van der Waals surface area contributed by atoms with Gasteiger partial charge >= 0.3 is 0 Å². The Morgan fingerprint density at radius 1 is 1.00 bits per heavy atom. The summed E-state index contributed by atoms with van der Waals surface area (Å²) < 4.78 is 3.02. The van der Waals surface area contributed by atoms with Crippen LogP contribution < -0.4 is 5.32 Å². The van der Waals surface area contributed by atoms with E-state index in [9.17, 15) is 4.79 Å². The second kappa shape index (κ2) is 6.83. The average Bonchev–Trinajstić information content (AvgIpc) is 3.34. The van der Waals surface area contributed by atoms with Gasteiger partial charge in [-0.05, 0) is 49.2 Å². The lowest BCUT2D eigenvalue weighted by Crippen LogP contribution is -2.12. The molecule has 5 nitrogen and oxygen atoms in total. The summed E-state index contributed by atoms with van der Waals surface area (Å²) in [5.74, 6) is -0.197. The number of carbonyl (C=O) groups excluding carboxylic acids is 1. The molecule has 6 heteroatoms. The molecule has 1 N–H and O–H groups in total. The number of carbonyl (C=O) groups is 1. The highest BCUT2D eigenvalue weighted by Gasteiger charge is 2.14. The number of nitrogens with zero attached hydrogens (tertiary/aromatic N) is 3. The van der Waals surface area contributed by atoms with E-state index in [1.165, 1.54) is 11.3 Å². The summed E-state index contributed by atoms with van der Waals surface area (Å²) in [6, 6.07) is 17.8. The lowest BCUT2D eigenvalue weighted by atomic mass is 10.1. The molecule has 0 saturated heterocycles. The maximum absolute atomic E-state index is 12.8. The molecule has 0 fully saturated rings. The van der Waals surface area contributed by atoms with Crippen LogP contribution >= 0.6 is 11.3 Å². The van der Waals surface area contributed by atoms with Crippen LogP contribution in [0.25, 0.3) is 27.1 Å². The maximum Gasteiger partial charge on any atom is 0.284 e. The standard InChI is InChI=1S/C23H18N4OS/c1-14-9-10-16(19-13-27-11-5-6-15(2)21(27)24-19)12-18(14)25-22(28)23-26-17-7-3-4-8-20(17)29-23/h3-13H,1-2H3,(H,25,28). The molecule has 0 spiro atoms. The molecule has 0 bridgehead atoms. The molecule has 1 amide bonds. The number of anilines is 1. The van der Waals surface area contributed by atoms with Gasteiger partial charge in [0.25, 0.3) is 5.91 Å². The third kappa shape index (κ3) is 3.17. The van der Waals surface area contributed by atoms with Gasteiger partial charge in [-0.2, -0.15) is 0 Å². The fourth-order valence-electron chi connectivity index (χ4n) is 3.35. The molecule has 29 heavy (non-hydrogen) atoms. The summed E-state index contributed by atoms with van der Waals surface area (Å²) in [7, 11) is 0. The number of hydrogen-bond donors (Lipinski definition) is 1. The van der Waals surface area contributed by atoms with Crippen molar-refractivity contribution in [2.75, 3.05) is 5.32 Å². The van der Waals surface area contributed by atoms with E-state index in [0.29, 0.717) is 5.01 Å². The molecule has 0 unspecified atom stereocenters. The van der Waals surface area contributed by atoms with Crippen molar-refractivity contribution in [2.24, 2.45) is 0 Å². The Balaban J connectivity index is 1.48. The number of benzene rings is 2. The van der Waals surface area contributed by atoms with Crippen LogP contribution in [0, 0.1) is 13.8 Å². The van der Waals surface area contributed by atoms with Gasteiger partial charge in [0, 0.05) is 23.6 Å². The first-order valence-electron chi connectivity index (χ1n) is 9.31. The zero-order valence-corrected chi connectivity index (χ0v) is 16.8. The van der Waals surface area contributed by atoms with Gasteiger partial charge in [0.05, 0.1) is 15.9 Å². The van der Waals surface area contributed by atoms with Gasteiger partial charge < -0.3 is 9.72 Å². The Kier molecular flexibility index (Phi) is 4.14. The number of aryl methyl sites for hydroxylation is 2. The van der Waals surface area contributed by atoms with Gasteiger partial charge in [-0.15, -0.1) is 11.3 Å². The molecule has 0 aliphatic rings. The van der Waals surface area contributed by atoms with Crippen LogP contribution in [0.1, 0.15) is 20.9 Å². The summed E-state index contributed by atoms with van der Waals surface area (Å²) in [4.78, 5) is 22.0. The number of imidazole rings is 1. The minimum Gasteiger partial charge on any atom is -0.320 e. The molecule has 3 aromatic heterocycles. The maximum atomic E-state index is 12.8. The van der Waals surface area contributed by atoms with Crippen molar-refractivity contribution in [3.8, 4) is 11.3 Å². The first kappa shape index (κ1) is 17.6. The predicted octanol–water partition coefficient (Wildman–Crippen LogP) is 5.48. The van der Waals surface area contributed by atoms with E-state index in [1.54, 1.807) is 0 Å². The summed E-state index contributed by atoms with van der Waals surface area (Å²) in [5.41, 5.74) is 6.48. The number of para-hydroxylation sites is 1. The van der Waals surface area contributed by atoms with Crippen LogP contribution in [0.4, 0.5) is 5.69 Å². The molecule has 0 atom stereocenters. The number of amides is 1. The van der Waals surface area contributed by atoms with Crippen molar-refractivity contribution < 1.29 is 4.79 Å². The van der Waals surface area contributed by atoms with Crippen LogP contribution in [0.5, 0.6) is 0 Å². The SMILES string of the molecule is Cc1ccc(-c2cn3cccc(C)c3n2)cc1NC(=O)c1nc2ccccc2s1. The number of thiazole rings is 1. The molecular formula is C23H18N4OS. The highest BCUT2D eigenvalue weighted by atomic mass is 32.1. The van der Waals surface area contributed by atoms with E-state index in [1.807, 2.05) is 85.2 Å². The van der Waals surface area contributed by atoms with Crippen molar-refractivity contribution in [3.05, 3.63) is 83.1 Å². The lowest BCUT2D eigenvalue weighted by Gasteiger charge is -2.08. The van der Waals surface area contributed by atoms with Crippen LogP contribution in [0.3, 0.4) is 0 Å². The smallest absolute Gasteiger partial charge is 0.284 e. The molecular weight excluding hydrogens is 380 g/mol. The van der Waals surface area contributed by atoms with E-state index in [4.69, 9.17) is 4.98 Å². The zero-order valence-electron chi connectivity index (χ0n) is 16.0. The Bertz CT molecular complexity index is 1350. The van der Waals surface area contributed by atoms with Crippen molar-refractivity contribution >= 4 is 38.8 Å². The van der Waals surface area contributed by atoms with Crippen molar-refractivity contribution in [1.82, 2.24) is 14.4 Å². The first-order chi connectivity index (χ1) is 14.1. The Hall–Kier alpha value is -3.51. The van der Waals surface area contributed by atoms with Gasteiger partial charge in [0.15, 0.2) is 5.01 Å². The van der Waals surface area contributed by atoms with Crippen LogP contribution in [0.15, 0.2) is 67.0 Å². The molecule has 0 saturated carbocycles. The summed E-state index contributed by atoms with van der Waals surface area (Å²) >= 11 is 1.40. The van der Waals surface area contributed by atoms with Crippen molar-refractivity contribution in [1.29, 1.82) is 0 Å². The normalized spacial score (nSPS) is 11.2. The van der Waals surface area contributed by atoms with E-state index in [2.05, 4.69) is 10.3 Å². The van der Waals surface area contributed by atoms with E-state index in [0.717, 1.165) is 43.9 Å². The quantitative estimate of drug-likeness (QED) is 0.438. The van der Waals surface area contributed by atoms with Gasteiger partial charge in [-0.3, -0.25) is 4.79 Å². The highest BCUT2D eigenvalue weighted by molar-refractivity contribution is 7.20. The van der Waals surface area contributed by atoms with E-state index >= 15 is 0 Å². The monoisotopic (exact) mass is 398 g/mol. The summed E-state index contributed by atoms with van der Waals surface area (Å²) in [5, 5.41) is 3.47. The van der Waals surface area contributed by atoms with E-state index < -0.39 is 0 Å². The first-order valence-corrected chi connectivity index (χ1v) is 10.1. The fraction of sp³-hybridized carbons (Fsp3) is 0.0870. The Labute approximate surface area is 171 Å². The molecule has 0 aliphatic carbocycles. The highest BCUT2D eigenvalue weighted by Crippen LogP contribution is 2.27. The van der Waals surface area contributed by atoms with Gasteiger partial charge in [-0.1, -0.05) is 30.3 Å². The molecule has 2 aromatic carbocycles. The van der Waals surface area contributed by atoms with Gasteiger partial charge in [0.1, 0.15) is 5.65 Å². The largest absolute Gasteiger partial charge is 0.320 e. The van der Waals surface area contributed by atoms with Crippen LogP contribution in [-0.4, -0.2) is 20.3 Å².